The Balaban J connectivity index is 2.38. The van der Waals surface area contributed by atoms with Crippen molar-refractivity contribution in [1.82, 2.24) is 0 Å². The molecule has 1 heterocycles. The van der Waals surface area contributed by atoms with Crippen molar-refractivity contribution < 1.29 is 13.2 Å². The zero-order valence-electron chi connectivity index (χ0n) is 9.43. The first kappa shape index (κ1) is 12.1. The fourth-order valence-corrected chi connectivity index (χ4v) is 2.19. The van der Waals surface area contributed by atoms with Crippen LogP contribution in [0.25, 0.3) is 0 Å². The van der Waals surface area contributed by atoms with E-state index < -0.39 is 11.7 Å². The summed E-state index contributed by atoms with van der Waals surface area (Å²) in [6.07, 6.45) is -1.36. The van der Waals surface area contributed by atoms with Crippen molar-refractivity contribution in [2.75, 3.05) is 23.7 Å². The second-order valence-corrected chi connectivity index (χ2v) is 4.32. The monoisotopic (exact) mass is 244 g/mol. The van der Waals surface area contributed by atoms with Gasteiger partial charge in [-0.1, -0.05) is 0 Å². The molecule has 1 saturated heterocycles. The van der Waals surface area contributed by atoms with E-state index in [2.05, 4.69) is 0 Å². The van der Waals surface area contributed by atoms with Crippen LogP contribution >= 0.6 is 0 Å². The van der Waals surface area contributed by atoms with Crippen LogP contribution < -0.4 is 10.6 Å². The molecule has 0 aromatic heterocycles. The number of nitrogens with two attached hydrogens (primary N) is 1. The van der Waals surface area contributed by atoms with E-state index in [1.165, 1.54) is 12.1 Å². The molecule has 0 radical (unpaired) electrons. The molecular weight excluding hydrogens is 229 g/mol. The number of alkyl halides is 3. The number of benzene rings is 1. The highest BCUT2D eigenvalue weighted by Crippen LogP contribution is 2.38. The summed E-state index contributed by atoms with van der Waals surface area (Å²) in [6.45, 7) is 1.37. The van der Waals surface area contributed by atoms with Crippen LogP contribution in [0.15, 0.2) is 18.2 Å². The van der Waals surface area contributed by atoms with Crippen molar-refractivity contribution in [3.8, 4) is 0 Å². The number of rotatable bonds is 1. The van der Waals surface area contributed by atoms with Crippen molar-refractivity contribution in [3.05, 3.63) is 23.8 Å². The van der Waals surface area contributed by atoms with E-state index in [4.69, 9.17) is 5.73 Å². The fourth-order valence-electron chi connectivity index (χ4n) is 2.19. The van der Waals surface area contributed by atoms with Gasteiger partial charge in [0.2, 0.25) is 0 Å². The summed E-state index contributed by atoms with van der Waals surface area (Å²) in [5, 5.41) is 0. The summed E-state index contributed by atoms with van der Waals surface area (Å²) >= 11 is 0. The Labute approximate surface area is 98.2 Å². The van der Waals surface area contributed by atoms with Crippen molar-refractivity contribution >= 4 is 11.4 Å². The lowest BCUT2D eigenvalue weighted by atomic mass is 10.1. The second-order valence-electron chi connectivity index (χ2n) is 4.32. The number of nitrogen functional groups attached to an aromatic ring is 1. The van der Waals surface area contributed by atoms with E-state index in [1.54, 1.807) is 4.90 Å². The molecule has 0 atom stereocenters. The van der Waals surface area contributed by atoms with E-state index in [9.17, 15) is 13.2 Å². The van der Waals surface area contributed by atoms with Crippen molar-refractivity contribution in [2.45, 2.75) is 25.4 Å². The topological polar surface area (TPSA) is 29.3 Å². The van der Waals surface area contributed by atoms with E-state index >= 15 is 0 Å². The highest BCUT2D eigenvalue weighted by Gasteiger charge is 2.35. The van der Waals surface area contributed by atoms with Crippen molar-refractivity contribution in [3.63, 3.8) is 0 Å². The van der Waals surface area contributed by atoms with Crippen LogP contribution in [0.5, 0.6) is 0 Å². The summed E-state index contributed by atoms with van der Waals surface area (Å²) in [5.41, 5.74) is 5.22. The van der Waals surface area contributed by atoms with Crippen LogP contribution in [0, 0.1) is 0 Å². The van der Waals surface area contributed by atoms with Gasteiger partial charge in [-0.05, 0) is 37.5 Å². The number of nitrogens with zero attached hydrogens (tertiary/aromatic N) is 1. The quantitative estimate of drug-likeness (QED) is 0.768. The maximum atomic E-state index is 12.9. The molecular formula is C12H15F3N2. The number of piperidine rings is 1. The minimum atomic E-state index is -4.35. The third-order valence-electron chi connectivity index (χ3n) is 3.02. The van der Waals surface area contributed by atoms with E-state index in [1.807, 2.05) is 0 Å². The molecule has 0 aliphatic carbocycles. The van der Waals surface area contributed by atoms with Gasteiger partial charge in [0, 0.05) is 24.5 Å². The van der Waals surface area contributed by atoms with Gasteiger partial charge in [-0.3, -0.25) is 0 Å². The highest BCUT2D eigenvalue weighted by molar-refractivity contribution is 5.61. The van der Waals surface area contributed by atoms with E-state index in [-0.39, 0.29) is 11.4 Å². The van der Waals surface area contributed by atoms with Gasteiger partial charge in [-0.15, -0.1) is 0 Å². The molecule has 1 aliphatic rings. The summed E-state index contributed by atoms with van der Waals surface area (Å²) in [4.78, 5) is 1.80. The molecule has 1 fully saturated rings. The minimum absolute atomic E-state index is 0.151. The third kappa shape index (κ3) is 2.65. The Kier molecular flexibility index (Phi) is 3.17. The first-order chi connectivity index (χ1) is 7.98. The van der Waals surface area contributed by atoms with E-state index in [0.717, 1.165) is 25.3 Å². The van der Waals surface area contributed by atoms with Gasteiger partial charge in [0.15, 0.2) is 0 Å². The predicted molar refractivity (Wildman–Crippen MR) is 61.9 cm³/mol. The van der Waals surface area contributed by atoms with Crippen LogP contribution in [-0.2, 0) is 6.18 Å². The number of anilines is 2. The predicted octanol–water partition coefficient (Wildman–Crippen LogP) is 3.28. The standard InChI is InChI=1S/C12H15F3N2/c13-12(14,15)10-8-9(16)4-5-11(10)17-6-2-1-3-7-17/h4-5,8H,1-3,6-7,16H2. The van der Waals surface area contributed by atoms with Gasteiger partial charge < -0.3 is 10.6 Å². The molecule has 17 heavy (non-hydrogen) atoms. The lowest BCUT2D eigenvalue weighted by molar-refractivity contribution is -0.137. The van der Waals surface area contributed by atoms with Crippen molar-refractivity contribution in [1.29, 1.82) is 0 Å². The average Bonchev–Trinajstić information content (AvgIpc) is 2.29. The summed E-state index contributed by atoms with van der Waals surface area (Å²) in [7, 11) is 0. The number of halogens is 3. The van der Waals surface area contributed by atoms with Crippen molar-refractivity contribution in [2.24, 2.45) is 0 Å². The molecule has 0 spiro atoms. The molecule has 0 amide bonds. The summed E-state index contributed by atoms with van der Waals surface area (Å²) in [5.74, 6) is 0. The molecule has 0 saturated carbocycles. The van der Waals surface area contributed by atoms with Crippen LogP contribution in [-0.4, -0.2) is 13.1 Å². The van der Waals surface area contributed by atoms with Gasteiger partial charge in [-0.25, -0.2) is 0 Å². The summed E-state index contributed by atoms with van der Waals surface area (Å²) in [6, 6.07) is 4.02. The highest BCUT2D eigenvalue weighted by atomic mass is 19.4. The van der Waals surface area contributed by atoms with Gasteiger partial charge in [0.05, 0.1) is 5.56 Å². The van der Waals surface area contributed by atoms with Crippen LogP contribution in [0.2, 0.25) is 0 Å². The van der Waals surface area contributed by atoms with Gasteiger partial charge in [-0.2, -0.15) is 13.2 Å². The molecule has 1 aromatic rings. The third-order valence-corrected chi connectivity index (χ3v) is 3.02. The largest absolute Gasteiger partial charge is 0.418 e. The molecule has 0 bridgehead atoms. The Morgan fingerprint density at radius 1 is 1.06 bits per heavy atom. The Hall–Kier alpha value is -1.39. The summed E-state index contributed by atoms with van der Waals surface area (Å²) < 4.78 is 38.7. The zero-order chi connectivity index (χ0) is 12.5. The molecule has 2 rings (SSSR count). The SMILES string of the molecule is Nc1ccc(N2CCCCC2)c(C(F)(F)F)c1. The fraction of sp³-hybridized carbons (Fsp3) is 0.500. The minimum Gasteiger partial charge on any atom is -0.399 e. The van der Waals surface area contributed by atoms with E-state index in [0.29, 0.717) is 13.1 Å². The van der Waals surface area contributed by atoms with Gasteiger partial charge in [0.1, 0.15) is 0 Å². The Bertz CT molecular complexity index is 395. The zero-order valence-corrected chi connectivity index (χ0v) is 9.43. The number of hydrogen-bond donors (Lipinski definition) is 1. The molecule has 1 aliphatic heterocycles. The molecule has 94 valence electrons. The Morgan fingerprint density at radius 2 is 1.71 bits per heavy atom. The van der Waals surface area contributed by atoms with Crippen LogP contribution in [0.3, 0.4) is 0 Å². The first-order valence-corrected chi connectivity index (χ1v) is 5.70. The lowest BCUT2D eigenvalue weighted by Gasteiger charge is -2.31. The molecule has 2 N–H and O–H groups in total. The lowest BCUT2D eigenvalue weighted by Crippen LogP contribution is -2.31. The number of hydrogen-bond acceptors (Lipinski definition) is 2. The molecule has 2 nitrogen and oxygen atoms in total. The second kappa shape index (κ2) is 4.47. The molecule has 1 aromatic carbocycles. The maximum Gasteiger partial charge on any atom is 0.418 e. The smallest absolute Gasteiger partial charge is 0.399 e. The van der Waals surface area contributed by atoms with Crippen LogP contribution in [0.1, 0.15) is 24.8 Å². The first-order valence-electron chi connectivity index (χ1n) is 5.70. The molecule has 0 unspecified atom stereocenters. The Morgan fingerprint density at radius 3 is 2.29 bits per heavy atom. The normalized spacial score (nSPS) is 17.2. The van der Waals surface area contributed by atoms with Gasteiger partial charge in [0.25, 0.3) is 0 Å². The average molecular weight is 244 g/mol. The van der Waals surface area contributed by atoms with Crippen LogP contribution in [0.4, 0.5) is 24.5 Å². The maximum absolute atomic E-state index is 12.9. The molecule has 5 heteroatoms. The van der Waals surface area contributed by atoms with Gasteiger partial charge >= 0.3 is 6.18 Å².